The Bertz CT molecular complexity index is 1020. The van der Waals surface area contributed by atoms with Crippen LogP contribution < -0.4 is 4.74 Å². The molecule has 4 heterocycles. The average Bonchev–Trinajstić information content (AvgIpc) is 3.20. The van der Waals surface area contributed by atoms with Gasteiger partial charge in [0.15, 0.2) is 0 Å². The molecule has 0 radical (unpaired) electrons. The molecule has 7 heteroatoms. The number of methoxy groups -OCH3 is 1. The highest BCUT2D eigenvalue weighted by molar-refractivity contribution is 6.09. The molecule has 0 spiro atoms. The van der Waals surface area contributed by atoms with E-state index in [-0.39, 0.29) is 23.9 Å². The molecule has 156 valence electrons. The highest BCUT2D eigenvalue weighted by Crippen LogP contribution is 2.48. The first kappa shape index (κ1) is 19.1. The van der Waals surface area contributed by atoms with Gasteiger partial charge in [0.25, 0.3) is 11.8 Å². The Morgan fingerprint density at radius 3 is 2.63 bits per heavy atom. The second-order valence-corrected chi connectivity index (χ2v) is 8.60. The van der Waals surface area contributed by atoms with Gasteiger partial charge in [-0.05, 0) is 36.6 Å². The third-order valence-electron chi connectivity index (χ3n) is 6.82. The van der Waals surface area contributed by atoms with Crippen molar-refractivity contribution in [3.05, 3.63) is 58.8 Å². The highest BCUT2D eigenvalue weighted by Gasteiger charge is 2.51. The quantitative estimate of drug-likeness (QED) is 0.844. The summed E-state index contributed by atoms with van der Waals surface area (Å²) < 4.78 is 5.38. The lowest BCUT2D eigenvalue weighted by molar-refractivity contribution is -0.0494. The standard InChI is InChI=1S/C23H25N3O4/c1-25-13-14-5-3-6-17(19(14)22(25)28)21(27)26-15-8-9-16(26)12-23(29,11-15)18-7-4-10-24-20(18)30-2/h3-7,10,15-16,29H,8-9,11-13H2,1-2H3/t15-,16-/m1/s1. The second-order valence-electron chi connectivity index (χ2n) is 8.60. The van der Waals surface area contributed by atoms with Crippen molar-refractivity contribution in [2.75, 3.05) is 14.2 Å². The van der Waals surface area contributed by atoms with Crippen molar-refractivity contribution >= 4 is 11.8 Å². The van der Waals surface area contributed by atoms with E-state index >= 15 is 0 Å². The minimum Gasteiger partial charge on any atom is -0.481 e. The number of ether oxygens (including phenoxy) is 1. The summed E-state index contributed by atoms with van der Waals surface area (Å²) in [5, 5.41) is 11.5. The fourth-order valence-corrected chi connectivity index (χ4v) is 5.50. The molecule has 5 rings (SSSR count). The molecule has 2 bridgehead atoms. The zero-order chi connectivity index (χ0) is 21.0. The van der Waals surface area contributed by atoms with E-state index in [4.69, 9.17) is 4.74 Å². The summed E-state index contributed by atoms with van der Waals surface area (Å²) in [4.78, 5) is 34.0. The van der Waals surface area contributed by atoms with Gasteiger partial charge >= 0.3 is 0 Å². The van der Waals surface area contributed by atoms with E-state index in [1.807, 2.05) is 23.1 Å². The van der Waals surface area contributed by atoms with E-state index in [9.17, 15) is 14.7 Å². The normalized spacial score (nSPS) is 27.4. The number of carbonyl (C=O) groups excluding carboxylic acids is 2. The predicted octanol–water partition coefficient (Wildman–Crippen LogP) is 2.33. The first-order chi connectivity index (χ1) is 14.4. The van der Waals surface area contributed by atoms with Crippen LogP contribution in [0, 0.1) is 0 Å². The van der Waals surface area contributed by atoms with Crippen molar-refractivity contribution in [1.29, 1.82) is 0 Å². The molecule has 0 saturated carbocycles. The van der Waals surface area contributed by atoms with Crippen LogP contribution in [0.2, 0.25) is 0 Å². The number of hydrogen-bond acceptors (Lipinski definition) is 5. The topological polar surface area (TPSA) is 83.0 Å². The van der Waals surface area contributed by atoms with Crippen LogP contribution in [0.1, 0.15) is 57.5 Å². The summed E-state index contributed by atoms with van der Waals surface area (Å²) in [6.45, 7) is 0.530. The number of pyridine rings is 1. The second kappa shape index (κ2) is 6.80. The maximum atomic E-state index is 13.6. The Morgan fingerprint density at radius 2 is 1.93 bits per heavy atom. The molecule has 0 unspecified atom stereocenters. The summed E-state index contributed by atoms with van der Waals surface area (Å²) in [5.41, 5.74) is 1.49. The molecule has 3 aliphatic rings. The zero-order valence-corrected chi connectivity index (χ0v) is 17.2. The van der Waals surface area contributed by atoms with E-state index in [1.54, 1.807) is 37.4 Å². The molecule has 7 nitrogen and oxygen atoms in total. The van der Waals surface area contributed by atoms with Crippen molar-refractivity contribution in [2.24, 2.45) is 0 Å². The molecule has 1 N–H and O–H groups in total. The molecule has 2 fully saturated rings. The van der Waals surface area contributed by atoms with Gasteiger partial charge in [0.05, 0.1) is 23.8 Å². The summed E-state index contributed by atoms with van der Waals surface area (Å²) >= 11 is 0. The minimum atomic E-state index is -1.09. The number of aromatic nitrogens is 1. The van der Waals surface area contributed by atoms with E-state index in [0.29, 0.717) is 42.0 Å². The summed E-state index contributed by atoms with van der Waals surface area (Å²) in [7, 11) is 3.30. The van der Waals surface area contributed by atoms with Crippen LogP contribution in [0.4, 0.5) is 0 Å². The first-order valence-corrected chi connectivity index (χ1v) is 10.3. The Morgan fingerprint density at radius 1 is 1.20 bits per heavy atom. The number of nitrogens with zero attached hydrogens (tertiary/aromatic N) is 3. The number of carbonyl (C=O) groups is 2. The number of piperidine rings is 1. The van der Waals surface area contributed by atoms with Crippen LogP contribution >= 0.6 is 0 Å². The van der Waals surface area contributed by atoms with Crippen LogP contribution in [0.3, 0.4) is 0 Å². The van der Waals surface area contributed by atoms with Gasteiger partial charge in [0, 0.05) is 50.3 Å². The Labute approximate surface area is 175 Å². The molecule has 2 aromatic rings. The molecular weight excluding hydrogens is 382 g/mol. The average molecular weight is 407 g/mol. The van der Waals surface area contributed by atoms with Gasteiger partial charge in [0.1, 0.15) is 0 Å². The molecule has 1 aromatic heterocycles. The molecule has 2 amide bonds. The fraction of sp³-hybridized carbons (Fsp3) is 0.435. The maximum Gasteiger partial charge on any atom is 0.255 e. The lowest BCUT2D eigenvalue weighted by Gasteiger charge is -2.44. The Kier molecular flexibility index (Phi) is 4.32. The highest BCUT2D eigenvalue weighted by atomic mass is 16.5. The third kappa shape index (κ3) is 2.72. The largest absolute Gasteiger partial charge is 0.481 e. The SMILES string of the molecule is COc1ncccc1C1(O)C[C@H]2CC[C@H](C1)N2C(=O)c1cccc2c1C(=O)N(C)C2. The summed E-state index contributed by atoms with van der Waals surface area (Å²) in [5.74, 6) is 0.215. The van der Waals surface area contributed by atoms with Gasteiger partial charge < -0.3 is 19.6 Å². The molecule has 30 heavy (non-hydrogen) atoms. The molecule has 0 aliphatic carbocycles. The predicted molar refractivity (Wildman–Crippen MR) is 109 cm³/mol. The van der Waals surface area contributed by atoms with Crippen LogP contribution in [-0.4, -0.2) is 57.9 Å². The van der Waals surface area contributed by atoms with Gasteiger partial charge in [-0.1, -0.05) is 12.1 Å². The fourth-order valence-electron chi connectivity index (χ4n) is 5.50. The summed E-state index contributed by atoms with van der Waals surface area (Å²) in [6, 6.07) is 8.98. The van der Waals surface area contributed by atoms with Gasteiger partial charge in [0.2, 0.25) is 5.88 Å². The number of hydrogen-bond donors (Lipinski definition) is 1. The van der Waals surface area contributed by atoms with Crippen molar-refractivity contribution in [3.63, 3.8) is 0 Å². The van der Waals surface area contributed by atoms with Crippen LogP contribution in [0.15, 0.2) is 36.5 Å². The number of fused-ring (bicyclic) bond motifs is 3. The molecular formula is C23H25N3O4. The minimum absolute atomic E-state index is 0.0868. The van der Waals surface area contributed by atoms with Crippen LogP contribution in [-0.2, 0) is 12.1 Å². The van der Waals surface area contributed by atoms with Gasteiger partial charge in [-0.2, -0.15) is 0 Å². The maximum absolute atomic E-state index is 13.6. The molecule has 1 aromatic carbocycles. The van der Waals surface area contributed by atoms with Crippen molar-refractivity contribution in [1.82, 2.24) is 14.8 Å². The van der Waals surface area contributed by atoms with Gasteiger partial charge in [-0.15, -0.1) is 0 Å². The van der Waals surface area contributed by atoms with E-state index in [2.05, 4.69) is 4.98 Å². The zero-order valence-electron chi connectivity index (χ0n) is 17.2. The number of rotatable bonds is 3. The Hall–Kier alpha value is -2.93. The lowest BCUT2D eigenvalue weighted by Crippen LogP contribution is -2.52. The Balaban J connectivity index is 1.47. The monoisotopic (exact) mass is 407 g/mol. The third-order valence-corrected chi connectivity index (χ3v) is 6.82. The van der Waals surface area contributed by atoms with Gasteiger partial charge in [-0.3, -0.25) is 9.59 Å². The van der Waals surface area contributed by atoms with Crippen molar-refractivity contribution in [2.45, 2.75) is 49.9 Å². The van der Waals surface area contributed by atoms with E-state index < -0.39 is 5.60 Å². The van der Waals surface area contributed by atoms with Crippen molar-refractivity contribution in [3.8, 4) is 5.88 Å². The molecule has 3 aliphatic heterocycles. The van der Waals surface area contributed by atoms with E-state index in [1.165, 1.54) is 0 Å². The molecule has 2 saturated heterocycles. The van der Waals surface area contributed by atoms with Crippen LogP contribution in [0.5, 0.6) is 5.88 Å². The number of aliphatic hydroxyl groups is 1. The van der Waals surface area contributed by atoms with Crippen LogP contribution in [0.25, 0.3) is 0 Å². The molecule has 2 atom stereocenters. The number of benzene rings is 1. The first-order valence-electron chi connectivity index (χ1n) is 10.3. The lowest BCUT2D eigenvalue weighted by atomic mass is 9.80. The number of amides is 2. The van der Waals surface area contributed by atoms with Gasteiger partial charge in [-0.25, -0.2) is 4.98 Å². The smallest absolute Gasteiger partial charge is 0.255 e. The summed E-state index contributed by atoms with van der Waals surface area (Å²) in [6.07, 6.45) is 4.18. The van der Waals surface area contributed by atoms with E-state index in [0.717, 1.165) is 18.4 Å². The van der Waals surface area contributed by atoms with Crippen molar-refractivity contribution < 1.29 is 19.4 Å².